The van der Waals surface area contributed by atoms with E-state index in [9.17, 15) is 8.42 Å². The van der Waals surface area contributed by atoms with Crippen LogP contribution in [0, 0.1) is 0 Å². The second-order valence-electron chi connectivity index (χ2n) is 5.20. The second kappa shape index (κ2) is 6.51. The van der Waals surface area contributed by atoms with Gasteiger partial charge in [0.25, 0.3) is 0 Å². The zero-order valence-electron chi connectivity index (χ0n) is 12.5. The SMILES string of the molecule is CC(NS(=O)(=O)c1ccc(Br)cc1)c1ccc2c(c1)OCCO2. The predicted octanol–water partition coefficient (Wildman–Crippen LogP) is 3.26. The van der Waals surface area contributed by atoms with Crippen molar-refractivity contribution in [3.05, 3.63) is 52.5 Å². The molecule has 0 radical (unpaired) electrons. The number of ether oxygens (including phenoxy) is 2. The molecule has 1 atom stereocenters. The molecule has 2 aromatic rings. The topological polar surface area (TPSA) is 64.6 Å². The molecule has 1 aliphatic rings. The van der Waals surface area contributed by atoms with E-state index in [1.165, 1.54) is 0 Å². The molecule has 1 unspecified atom stereocenters. The van der Waals surface area contributed by atoms with E-state index >= 15 is 0 Å². The van der Waals surface area contributed by atoms with Gasteiger partial charge in [0.2, 0.25) is 10.0 Å². The summed E-state index contributed by atoms with van der Waals surface area (Å²) in [4.78, 5) is 0.227. The largest absolute Gasteiger partial charge is 0.486 e. The summed E-state index contributed by atoms with van der Waals surface area (Å²) in [5, 5.41) is 0. The van der Waals surface area contributed by atoms with Gasteiger partial charge in [0.15, 0.2) is 11.5 Å². The molecule has 0 saturated heterocycles. The van der Waals surface area contributed by atoms with E-state index in [0.717, 1.165) is 10.0 Å². The van der Waals surface area contributed by atoms with Gasteiger partial charge in [-0.1, -0.05) is 22.0 Å². The van der Waals surface area contributed by atoms with Crippen molar-refractivity contribution in [2.75, 3.05) is 13.2 Å². The predicted molar refractivity (Wildman–Crippen MR) is 90.3 cm³/mol. The third-order valence-electron chi connectivity index (χ3n) is 3.52. The van der Waals surface area contributed by atoms with Crippen LogP contribution in [0.2, 0.25) is 0 Å². The summed E-state index contributed by atoms with van der Waals surface area (Å²) in [5.41, 5.74) is 0.815. The van der Waals surface area contributed by atoms with E-state index in [4.69, 9.17) is 9.47 Å². The van der Waals surface area contributed by atoms with Gasteiger partial charge in [-0.15, -0.1) is 0 Å². The molecule has 5 nitrogen and oxygen atoms in total. The van der Waals surface area contributed by atoms with Gasteiger partial charge in [-0.2, -0.15) is 0 Å². The maximum atomic E-state index is 12.4. The van der Waals surface area contributed by atoms with E-state index in [1.54, 1.807) is 37.3 Å². The minimum atomic E-state index is -3.59. The highest BCUT2D eigenvalue weighted by molar-refractivity contribution is 9.10. The number of hydrogen-bond acceptors (Lipinski definition) is 4. The fourth-order valence-electron chi connectivity index (χ4n) is 2.31. The van der Waals surface area contributed by atoms with Crippen LogP contribution in [0.3, 0.4) is 0 Å². The standard InChI is InChI=1S/C16H16BrNO4S/c1-11(12-2-7-15-16(10-12)22-9-8-21-15)18-23(19,20)14-5-3-13(17)4-6-14/h2-7,10-11,18H,8-9H2,1H3. The van der Waals surface area contributed by atoms with Crippen LogP contribution >= 0.6 is 15.9 Å². The smallest absolute Gasteiger partial charge is 0.241 e. The van der Waals surface area contributed by atoms with Crippen LogP contribution in [0.5, 0.6) is 11.5 Å². The third-order valence-corrected chi connectivity index (χ3v) is 5.61. The number of halogens is 1. The summed E-state index contributed by atoms with van der Waals surface area (Å²) < 4.78 is 39.4. The lowest BCUT2D eigenvalue weighted by atomic mass is 10.1. The van der Waals surface area contributed by atoms with Crippen molar-refractivity contribution < 1.29 is 17.9 Å². The Labute approximate surface area is 143 Å². The lowest BCUT2D eigenvalue weighted by molar-refractivity contribution is 0.171. The maximum absolute atomic E-state index is 12.4. The number of hydrogen-bond donors (Lipinski definition) is 1. The number of sulfonamides is 1. The van der Waals surface area contributed by atoms with Crippen molar-refractivity contribution in [2.24, 2.45) is 0 Å². The molecule has 7 heteroatoms. The van der Waals surface area contributed by atoms with E-state index in [2.05, 4.69) is 20.7 Å². The van der Waals surface area contributed by atoms with Crippen molar-refractivity contribution in [3.63, 3.8) is 0 Å². The number of fused-ring (bicyclic) bond motifs is 1. The summed E-state index contributed by atoms with van der Waals surface area (Å²) in [6.07, 6.45) is 0. The van der Waals surface area contributed by atoms with Crippen LogP contribution in [-0.4, -0.2) is 21.6 Å². The van der Waals surface area contributed by atoms with Crippen molar-refractivity contribution in [3.8, 4) is 11.5 Å². The molecule has 0 bridgehead atoms. The molecule has 2 aromatic carbocycles. The molecule has 0 spiro atoms. The van der Waals surface area contributed by atoms with Crippen LogP contribution in [0.25, 0.3) is 0 Å². The Bertz CT molecular complexity index is 805. The second-order valence-corrected chi connectivity index (χ2v) is 7.83. The fourth-order valence-corrected chi connectivity index (χ4v) is 3.81. The zero-order chi connectivity index (χ0) is 16.4. The monoisotopic (exact) mass is 397 g/mol. The first-order valence-corrected chi connectivity index (χ1v) is 9.41. The van der Waals surface area contributed by atoms with Crippen LogP contribution in [0.4, 0.5) is 0 Å². The first-order valence-electron chi connectivity index (χ1n) is 7.13. The molecule has 0 aliphatic carbocycles. The van der Waals surface area contributed by atoms with Crippen molar-refractivity contribution in [1.29, 1.82) is 0 Å². The van der Waals surface area contributed by atoms with E-state index in [-0.39, 0.29) is 10.9 Å². The highest BCUT2D eigenvalue weighted by Crippen LogP contribution is 2.32. The van der Waals surface area contributed by atoms with Gasteiger partial charge in [-0.3, -0.25) is 0 Å². The number of rotatable bonds is 4. The molecule has 3 rings (SSSR count). The highest BCUT2D eigenvalue weighted by atomic mass is 79.9. The maximum Gasteiger partial charge on any atom is 0.241 e. The fraction of sp³-hybridized carbons (Fsp3) is 0.250. The Morgan fingerprint density at radius 2 is 1.70 bits per heavy atom. The first-order chi connectivity index (χ1) is 11.0. The molecular weight excluding hydrogens is 382 g/mol. The molecule has 0 amide bonds. The molecule has 1 N–H and O–H groups in total. The van der Waals surface area contributed by atoms with E-state index in [1.807, 2.05) is 12.1 Å². The van der Waals surface area contributed by atoms with Crippen LogP contribution in [0.1, 0.15) is 18.5 Å². The number of nitrogens with one attached hydrogen (secondary N) is 1. The Morgan fingerprint density at radius 3 is 2.39 bits per heavy atom. The van der Waals surface area contributed by atoms with Gasteiger partial charge in [-0.05, 0) is 48.9 Å². The molecule has 23 heavy (non-hydrogen) atoms. The highest BCUT2D eigenvalue weighted by Gasteiger charge is 2.20. The average molecular weight is 398 g/mol. The molecule has 0 fully saturated rings. The van der Waals surface area contributed by atoms with Gasteiger partial charge in [0, 0.05) is 10.5 Å². The van der Waals surface area contributed by atoms with Crippen molar-refractivity contribution in [1.82, 2.24) is 4.72 Å². The zero-order valence-corrected chi connectivity index (χ0v) is 14.9. The molecule has 0 aromatic heterocycles. The summed E-state index contributed by atoms with van der Waals surface area (Å²) in [6.45, 7) is 2.81. The van der Waals surface area contributed by atoms with Crippen LogP contribution < -0.4 is 14.2 Å². The first kappa shape index (κ1) is 16.3. The molecule has 1 heterocycles. The summed E-state index contributed by atoms with van der Waals surface area (Å²) in [5.74, 6) is 1.33. The quantitative estimate of drug-likeness (QED) is 0.859. The van der Waals surface area contributed by atoms with Gasteiger partial charge in [0.1, 0.15) is 13.2 Å². The summed E-state index contributed by atoms with van der Waals surface area (Å²) >= 11 is 3.29. The Hall–Kier alpha value is -1.57. The van der Waals surface area contributed by atoms with Crippen molar-refractivity contribution >= 4 is 26.0 Å². The van der Waals surface area contributed by atoms with Gasteiger partial charge in [0.05, 0.1) is 4.90 Å². The Balaban J connectivity index is 1.80. The molecule has 122 valence electrons. The summed E-state index contributed by atoms with van der Waals surface area (Å²) in [6, 6.07) is 11.6. The Kier molecular flexibility index (Phi) is 4.61. The minimum absolute atomic E-state index is 0.227. The van der Waals surface area contributed by atoms with E-state index in [0.29, 0.717) is 24.7 Å². The Morgan fingerprint density at radius 1 is 1.04 bits per heavy atom. The lowest BCUT2D eigenvalue weighted by Gasteiger charge is -2.21. The molecular formula is C16H16BrNO4S. The van der Waals surface area contributed by atoms with Gasteiger partial charge < -0.3 is 9.47 Å². The van der Waals surface area contributed by atoms with Crippen LogP contribution in [-0.2, 0) is 10.0 Å². The number of benzene rings is 2. The van der Waals surface area contributed by atoms with Gasteiger partial charge in [-0.25, -0.2) is 13.1 Å². The van der Waals surface area contributed by atoms with E-state index < -0.39 is 10.0 Å². The normalized spacial score (nSPS) is 15.2. The third kappa shape index (κ3) is 3.68. The molecule has 1 aliphatic heterocycles. The lowest BCUT2D eigenvalue weighted by Crippen LogP contribution is -2.27. The summed E-state index contributed by atoms with van der Waals surface area (Å²) in [7, 11) is -3.59. The van der Waals surface area contributed by atoms with Crippen LogP contribution in [0.15, 0.2) is 51.8 Å². The average Bonchev–Trinajstić information content (AvgIpc) is 2.54. The minimum Gasteiger partial charge on any atom is -0.486 e. The van der Waals surface area contributed by atoms with Gasteiger partial charge >= 0.3 is 0 Å². The molecule has 0 saturated carbocycles. The van der Waals surface area contributed by atoms with Crippen molar-refractivity contribution in [2.45, 2.75) is 17.9 Å².